The number of amides is 1. The van der Waals surface area contributed by atoms with Crippen molar-refractivity contribution in [2.24, 2.45) is 0 Å². The number of thiophene rings is 1. The van der Waals surface area contributed by atoms with Crippen molar-refractivity contribution in [1.29, 1.82) is 5.26 Å². The summed E-state index contributed by atoms with van der Waals surface area (Å²) in [6.45, 7) is 1.78. The Morgan fingerprint density at radius 1 is 0.977 bits per heavy atom. The van der Waals surface area contributed by atoms with E-state index in [9.17, 15) is 14.9 Å². The first-order chi connectivity index (χ1) is 20.9. The second kappa shape index (κ2) is 13.8. The maximum absolute atomic E-state index is 13.2. The second-order valence-electron chi connectivity index (χ2n) is 9.48. The first kappa shape index (κ1) is 29.5. The SMILES string of the molecule is COc1ccc(-c2cc(-c3ccccc3)nc(S[C@H](C)C(=O)Nc3ccc(C(=O)/C=C/c4cccs4)cc3)c2C#N)cc1. The predicted molar refractivity (Wildman–Crippen MR) is 174 cm³/mol. The molecule has 0 aliphatic carbocycles. The molecule has 3 aromatic carbocycles. The maximum atomic E-state index is 13.2. The number of hydrogen-bond donors (Lipinski definition) is 1. The number of thioether (sulfide) groups is 1. The van der Waals surface area contributed by atoms with Gasteiger partial charge in [-0.05, 0) is 78.6 Å². The molecule has 0 saturated carbocycles. The fourth-order valence-corrected chi connectivity index (χ4v) is 5.84. The van der Waals surface area contributed by atoms with Crippen LogP contribution in [0.5, 0.6) is 5.75 Å². The van der Waals surface area contributed by atoms with Gasteiger partial charge in [0.2, 0.25) is 5.91 Å². The number of carbonyl (C=O) groups excluding carboxylic acids is 2. The molecule has 2 aromatic heterocycles. The van der Waals surface area contributed by atoms with Crippen LogP contribution in [0.4, 0.5) is 5.69 Å². The number of rotatable bonds is 10. The van der Waals surface area contributed by atoms with Crippen molar-refractivity contribution in [3.8, 4) is 34.2 Å². The third-order valence-corrected chi connectivity index (χ3v) is 8.53. The summed E-state index contributed by atoms with van der Waals surface area (Å²) in [4.78, 5) is 31.6. The number of nitrogens with zero attached hydrogens (tertiary/aromatic N) is 2. The van der Waals surface area contributed by atoms with Gasteiger partial charge in [-0.1, -0.05) is 60.3 Å². The van der Waals surface area contributed by atoms with Crippen LogP contribution in [0.15, 0.2) is 114 Å². The van der Waals surface area contributed by atoms with Gasteiger partial charge >= 0.3 is 0 Å². The minimum atomic E-state index is -0.565. The monoisotopic (exact) mass is 601 g/mol. The van der Waals surface area contributed by atoms with Gasteiger partial charge in [0.25, 0.3) is 0 Å². The van der Waals surface area contributed by atoms with Crippen LogP contribution in [-0.4, -0.2) is 29.0 Å². The van der Waals surface area contributed by atoms with Crippen LogP contribution in [0.25, 0.3) is 28.5 Å². The van der Waals surface area contributed by atoms with Crippen molar-refractivity contribution in [3.05, 3.63) is 125 Å². The zero-order valence-corrected chi connectivity index (χ0v) is 25.1. The molecule has 1 amide bonds. The molecule has 43 heavy (non-hydrogen) atoms. The molecule has 1 N–H and O–H groups in total. The summed E-state index contributed by atoms with van der Waals surface area (Å²) in [6, 6.07) is 32.1. The van der Waals surface area contributed by atoms with Crippen LogP contribution in [0, 0.1) is 11.3 Å². The topological polar surface area (TPSA) is 92.1 Å². The molecule has 6 nitrogen and oxygen atoms in total. The fourth-order valence-electron chi connectivity index (χ4n) is 4.29. The normalized spacial score (nSPS) is 11.6. The first-order valence-electron chi connectivity index (χ1n) is 13.4. The minimum Gasteiger partial charge on any atom is -0.497 e. The largest absolute Gasteiger partial charge is 0.497 e. The summed E-state index contributed by atoms with van der Waals surface area (Å²) in [5.74, 6) is 0.353. The molecule has 2 heterocycles. The molecule has 5 rings (SSSR count). The van der Waals surface area contributed by atoms with Crippen molar-refractivity contribution >= 4 is 46.6 Å². The third-order valence-electron chi connectivity index (χ3n) is 6.61. The maximum Gasteiger partial charge on any atom is 0.237 e. The zero-order chi connectivity index (χ0) is 30.2. The van der Waals surface area contributed by atoms with E-state index in [1.54, 1.807) is 61.8 Å². The van der Waals surface area contributed by atoms with Gasteiger partial charge in [0.15, 0.2) is 5.78 Å². The average Bonchev–Trinajstić information content (AvgIpc) is 3.58. The number of methoxy groups -OCH3 is 1. The number of benzene rings is 3. The quantitative estimate of drug-likeness (QED) is 0.0982. The van der Waals surface area contributed by atoms with E-state index in [2.05, 4.69) is 11.4 Å². The number of nitrogens with one attached hydrogen (secondary N) is 1. The highest BCUT2D eigenvalue weighted by atomic mass is 32.2. The zero-order valence-electron chi connectivity index (χ0n) is 23.5. The highest BCUT2D eigenvalue weighted by Gasteiger charge is 2.22. The highest BCUT2D eigenvalue weighted by Crippen LogP contribution is 2.36. The predicted octanol–water partition coefficient (Wildman–Crippen LogP) is 8.37. The Morgan fingerprint density at radius 3 is 2.37 bits per heavy atom. The third kappa shape index (κ3) is 7.28. The minimum absolute atomic E-state index is 0.115. The Morgan fingerprint density at radius 2 is 1.72 bits per heavy atom. The van der Waals surface area contributed by atoms with Crippen molar-refractivity contribution < 1.29 is 14.3 Å². The van der Waals surface area contributed by atoms with Gasteiger partial charge in [-0.3, -0.25) is 9.59 Å². The smallest absolute Gasteiger partial charge is 0.237 e. The van der Waals surface area contributed by atoms with Gasteiger partial charge in [0, 0.05) is 27.3 Å². The fraction of sp³-hybridized carbons (Fsp3) is 0.0857. The van der Waals surface area contributed by atoms with Gasteiger partial charge in [-0.15, -0.1) is 11.3 Å². The molecular weight excluding hydrogens is 575 g/mol. The van der Waals surface area contributed by atoms with E-state index in [0.717, 1.165) is 21.6 Å². The number of carbonyl (C=O) groups is 2. The Bertz CT molecular complexity index is 1790. The molecule has 0 saturated heterocycles. The lowest BCUT2D eigenvalue weighted by Crippen LogP contribution is -2.22. The molecule has 0 unspecified atom stereocenters. The van der Waals surface area contributed by atoms with Gasteiger partial charge in [-0.25, -0.2) is 4.98 Å². The molecule has 0 aliphatic heterocycles. The van der Waals surface area contributed by atoms with Crippen LogP contribution in [-0.2, 0) is 4.79 Å². The molecular formula is C35H27N3O3S2. The van der Waals surface area contributed by atoms with Crippen LogP contribution < -0.4 is 10.1 Å². The van der Waals surface area contributed by atoms with Crippen molar-refractivity contribution in [1.82, 2.24) is 4.98 Å². The second-order valence-corrected chi connectivity index (χ2v) is 11.8. The van der Waals surface area contributed by atoms with E-state index in [0.29, 0.717) is 33.3 Å². The number of nitriles is 1. The van der Waals surface area contributed by atoms with Crippen LogP contribution in [0.2, 0.25) is 0 Å². The Labute approximate surface area is 258 Å². The Hall–Kier alpha value is -4.97. The van der Waals surface area contributed by atoms with E-state index in [-0.39, 0.29) is 11.7 Å². The van der Waals surface area contributed by atoms with Crippen molar-refractivity contribution in [2.45, 2.75) is 17.2 Å². The van der Waals surface area contributed by atoms with Crippen molar-refractivity contribution in [2.75, 3.05) is 12.4 Å². The summed E-state index contributed by atoms with van der Waals surface area (Å²) in [7, 11) is 1.61. The summed E-state index contributed by atoms with van der Waals surface area (Å²) in [5.41, 5.74) is 4.67. The summed E-state index contributed by atoms with van der Waals surface area (Å²) >= 11 is 2.79. The van der Waals surface area contributed by atoms with Crippen molar-refractivity contribution in [3.63, 3.8) is 0 Å². The summed E-state index contributed by atoms with van der Waals surface area (Å²) in [5, 5.41) is 15.0. The van der Waals surface area contributed by atoms with Gasteiger partial charge in [0.05, 0.1) is 23.6 Å². The molecule has 0 spiro atoms. The highest BCUT2D eigenvalue weighted by molar-refractivity contribution is 8.00. The first-order valence-corrected chi connectivity index (χ1v) is 15.2. The van der Waals surface area contributed by atoms with E-state index in [1.165, 1.54) is 11.8 Å². The molecule has 0 aliphatic rings. The number of ketones is 1. The summed E-state index contributed by atoms with van der Waals surface area (Å²) < 4.78 is 5.30. The van der Waals surface area contributed by atoms with Crippen LogP contribution in [0.1, 0.15) is 27.7 Å². The number of allylic oxidation sites excluding steroid dienone is 1. The Kier molecular flexibility index (Phi) is 9.47. The standard InChI is InChI=1S/C35H27N3O3S2/c1-23(34(40)37-27-14-10-26(11-15-27)33(39)19-18-29-9-6-20-42-29)43-35-31(22-36)30(24-12-16-28(41-2)17-13-24)21-32(38-35)25-7-4-3-5-8-25/h3-21,23H,1-2H3,(H,37,40)/b19-18+/t23-/m1/s1. The molecule has 212 valence electrons. The van der Waals surface area contributed by atoms with Gasteiger partial charge < -0.3 is 10.1 Å². The molecule has 0 bridgehead atoms. The molecule has 0 fully saturated rings. The molecule has 5 aromatic rings. The van der Waals surface area contributed by atoms with E-state index in [1.807, 2.05) is 78.2 Å². The van der Waals surface area contributed by atoms with E-state index < -0.39 is 5.25 Å². The molecule has 0 radical (unpaired) electrons. The van der Waals surface area contributed by atoms with Crippen LogP contribution in [0.3, 0.4) is 0 Å². The number of anilines is 1. The average molecular weight is 602 g/mol. The lowest BCUT2D eigenvalue weighted by molar-refractivity contribution is -0.115. The number of ether oxygens (including phenoxy) is 1. The lowest BCUT2D eigenvalue weighted by atomic mass is 9.99. The van der Waals surface area contributed by atoms with Crippen LogP contribution >= 0.6 is 23.1 Å². The Balaban J connectivity index is 1.36. The van der Waals surface area contributed by atoms with Gasteiger partial charge in [-0.2, -0.15) is 5.26 Å². The molecule has 8 heteroatoms. The number of hydrogen-bond acceptors (Lipinski definition) is 7. The van der Waals surface area contributed by atoms with Gasteiger partial charge in [0.1, 0.15) is 16.8 Å². The number of pyridine rings is 1. The lowest BCUT2D eigenvalue weighted by Gasteiger charge is -2.16. The van der Waals surface area contributed by atoms with E-state index >= 15 is 0 Å². The van der Waals surface area contributed by atoms with E-state index in [4.69, 9.17) is 9.72 Å². The molecule has 1 atom stereocenters. The number of aromatic nitrogens is 1. The summed E-state index contributed by atoms with van der Waals surface area (Å²) in [6.07, 6.45) is 3.33.